The van der Waals surface area contributed by atoms with Crippen LogP contribution in [0.4, 0.5) is 0 Å². The van der Waals surface area contributed by atoms with Gasteiger partial charge in [-0.15, -0.1) is 0 Å². The highest BCUT2D eigenvalue weighted by Gasteiger charge is 2.36. The topological polar surface area (TPSA) is 23.6 Å². The van der Waals surface area contributed by atoms with Crippen LogP contribution in [0, 0.1) is 5.92 Å². The van der Waals surface area contributed by atoms with Crippen molar-refractivity contribution in [3.8, 4) is 0 Å². The number of piperidine rings is 1. The van der Waals surface area contributed by atoms with E-state index in [-0.39, 0.29) is 5.92 Å². The summed E-state index contributed by atoms with van der Waals surface area (Å²) in [7, 11) is 4.05. The van der Waals surface area contributed by atoms with Crippen LogP contribution in [0.5, 0.6) is 0 Å². The van der Waals surface area contributed by atoms with Gasteiger partial charge in [-0.1, -0.05) is 0 Å². The highest BCUT2D eigenvalue weighted by Crippen LogP contribution is 2.26. The molecule has 0 aromatic rings. The van der Waals surface area contributed by atoms with Gasteiger partial charge in [0.05, 0.1) is 5.92 Å². The van der Waals surface area contributed by atoms with E-state index in [2.05, 4.69) is 11.9 Å². The number of hydrogen-bond acceptors (Lipinski definition) is 2. The van der Waals surface area contributed by atoms with Crippen LogP contribution in [0.2, 0.25) is 0 Å². The van der Waals surface area contributed by atoms with Crippen LogP contribution in [-0.2, 0) is 4.79 Å². The normalized spacial score (nSPS) is 37.2. The maximum absolute atomic E-state index is 11.6. The summed E-state index contributed by atoms with van der Waals surface area (Å²) in [4.78, 5) is 15.9. The molecule has 2 bridgehead atoms. The number of rotatable bonds is 0. The van der Waals surface area contributed by atoms with Gasteiger partial charge >= 0.3 is 0 Å². The number of nitrogens with zero attached hydrogens (tertiary/aromatic N) is 2. The molecule has 0 aromatic heterocycles. The van der Waals surface area contributed by atoms with Crippen molar-refractivity contribution in [2.45, 2.75) is 18.9 Å². The first-order valence-electron chi connectivity index (χ1n) is 4.63. The van der Waals surface area contributed by atoms with Crippen molar-refractivity contribution in [3.63, 3.8) is 0 Å². The zero-order valence-corrected chi connectivity index (χ0v) is 7.79. The molecule has 3 nitrogen and oxygen atoms in total. The van der Waals surface area contributed by atoms with Crippen LogP contribution in [0.3, 0.4) is 0 Å². The molecule has 3 saturated heterocycles. The number of hydrogen-bond donors (Lipinski definition) is 0. The average molecular weight is 168 g/mol. The second kappa shape index (κ2) is 2.73. The van der Waals surface area contributed by atoms with E-state index >= 15 is 0 Å². The molecular weight excluding hydrogens is 152 g/mol. The summed E-state index contributed by atoms with van der Waals surface area (Å²) in [5.74, 6) is 0.626. The standard InChI is InChI=1S/C9H16N2O/c1-10-5-7-3-4-8(10)6-11(2)9(7)12/h7-8H,3-6H2,1-2H3. The molecule has 3 rings (SSSR count). The third kappa shape index (κ3) is 1.12. The molecule has 3 aliphatic rings. The summed E-state index contributed by atoms with van der Waals surface area (Å²) in [6.45, 7) is 1.89. The van der Waals surface area contributed by atoms with Crippen LogP contribution in [0.25, 0.3) is 0 Å². The molecule has 3 aliphatic heterocycles. The van der Waals surface area contributed by atoms with Gasteiger partial charge in [0.2, 0.25) is 5.91 Å². The third-order valence-electron chi connectivity index (χ3n) is 3.19. The van der Waals surface area contributed by atoms with Crippen molar-refractivity contribution in [2.24, 2.45) is 5.92 Å². The van der Waals surface area contributed by atoms with Crippen molar-refractivity contribution in [2.75, 3.05) is 27.2 Å². The Morgan fingerprint density at radius 1 is 1.25 bits per heavy atom. The molecular formula is C9H16N2O. The molecule has 3 heteroatoms. The minimum Gasteiger partial charge on any atom is -0.344 e. The largest absolute Gasteiger partial charge is 0.344 e. The first kappa shape index (κ1) is 8.05. The highest BCUT2D eigenvalue weighted by atomic mass is 16.2. The van der Waals surface area contributed by atoms with E-state index in [0.29, 0.717) is 11.9 Å². The van der Waals surface area contributed by atoms with Crippen LogP contribution in [0.1, 0.15) is 12.8 Å². The maximum Gasteiger partial charge on any atom is 0.226 e. The molecule has 0 aromatic carbocycles. The van der Waals surface area contributed by atoms with E-state index in [1.54, 1.807) is 0 Å². The molecule has 12 heavy (non-hydrogen) atoms. The van der Waals surface area contributed by atoms with Gasteiger partial charge in [-0.3, -0.25) is 4.79 Å². The van der Waals surface area contributed by atoms with Gasteiger partial charge in [0.15, 0.2) is 0 Å². The van der Waals surface area contributed by atoms with Gasteiger partial charge in [0.1, 0.15) is 0 Å². The molecule has 3 heterocycles. The third-order valence-corrected chi connectivity index (χ3v) is 3.19. The Morgan fingerprint density at radius 2 is 2.00 bits per heavy atom. The van der Waals surface area contributed by atoms with E-state index in [4.69, 9.17) is 0 Å². The van der Waals surface area contributed by atoms with Crippen molar-refractivity contribution in [3.05, 3.63) is 0 Å². The van der Waals surface area contributed by atoms with E-state index in [1.807, 2.05) is 11.9 Å². The smallest absolute Gasteiger partial charge is 0.226 e. The molecule has 68 valence electrons. The minimum absolute atomic E-state index is 0.277. The van der Waals surface area contributed by atoms with Gasteiger partial charge in [-0.25, -0.2) is 0 Å². The molecule has 1 amide bonds. The lowest BCUT2D eigenvalue weighted by Gasteiger charge is -2.31. The second-order valence-electron chi connectivity index (χ2n) is 4.09. The predicted molar refractivity (Wildman–Crippen MR) is 46.8 cm³/mol. The fourth-order valence-electron chi connectivity index (χ4n) is 2.35. The fourth-order valence-corrected chi connectivity index (χ4v) is 2.35. The lowest BCUT2D eigenvalue weighted by molar-refractivity contribution is -0.133. The van der Waals surface area contributed by atoms with Crippen LogP contribution >= 0.6 is 0 Å². The molecule has 0 spiro atoms. The molecule has 2 unspecified atom stereocenters. The van der Waals surface area contributed by atoms with Crippen LogP contribution in [-0.4, -0.2) is 48.9 Å². The summed E-state index contributed by atoms with van der Waals surface area (Å²) in [6, 6.07) is 0.609. The lowest BCUT2D eigenvalue weighted by atomic mass is 9.95. The predicted octanol–water partition coefficient (Wildman–Crippen LogP) is 0.169. The summed E-state index contributed by atoms with van der Waals surface area (Å²) in [5.41, 5.74) is 0. The van der Waals surface area contributed by atoms with Crippen LogP contribution < -0.4 is 0 Å². The Labute approximate surface area is 73.3 Å². The van der Waals surface area contributed by atoms with E-state index in [0.717, 1.165) is 19.5 Å². The number of amides is 1. The van der Waals surface area contributed by atoms with Gasteiger partial charge in [0.25, 0.3) is 0 Å². The zero-order valence-electron chi connectivity index (χ0n) is 7.79. The lowest BCUT2D eigenvalue weighted by Crippen LogP contribution is -2.40. The number of fused-ring (bicyclic) bond motifs is 4. The van der Waals surface area contributed by atoms with Crippen molar-refractivity contribution in [1.82, 2.24) is 9.80 Å². The van der Waals surface area contributed by atoms with E-state index < -0.39 is 0 Å². The number of carbonyl (C=O) groups excluding carboxylic acids is 1. The Hall–Kier alpha value is -0.570. The zero-order chi connectivity index (χ0) is 8.72. The van der Waals surface area contributed by atoms with Gasteiger partial charge in [-0.2, -0.15) is 0 Å². The SMILES string of the molecule is CN1CC2CCC(CN2C)C1=O. The van der Waals surface area contributed by atoms with Gasteiger partial charge < -0.3 is 9.80 Å². The number of likely N-dealkylation sites (N-methyl/N-ethyl adjacent to an activating group) is 2. The van der Waals surface area contributed by atoms with E-state index in [9.17, 15) is 4.79 Å². The van der Waals surface area contributed by atoms with E-state index in [1.165, 1.54) is 6.42 Å². The molecule has 0 aliphatic carbocycles. The Bertz CT molecular complexity index is 205. The summed E-state index contributed by atoms with van der Waals surface area (Å²) < 4.78 is 0. The van der Waals surface area contributed by atoms with Crippen molar-refractivity contribution >= 4 is 5.91 Å². The quantitative estimate of drug-likeness (QED) is 0.515. The number of carbonyl (C=O) groups is 1. The summed E-state index contributed by atoms with van der Waals surface area (Å²) in [5, 5.41) is 0. The molecule has 3 fully saturated rings. The highest BCUT2D eigenvalue weighted by molar-refractivity contribution is 5.79. The van der Waals surface area contributed by atoms with Crippen molar-refractivity contribution < 1.29 is 4.79 Å². The molecule has 2 atom stereocenters. The average Bonchev–Trinajstić information content (AvgIpc) is 2.22. The molecule has 0 N–H and O–H groups in total. The Kier molecular flexibility index (Phi) is 1.83. The first-order chi connectivity index (χ1) is 5.68. The Morgan fingerprint density at radius 3 is 2.67 bits per heavy atom. The summed E-state index contributed by atoms with van der Waals surface area (Å²) >= 11 is 0. The fraction of sp³-hybridized carbons (Fsp3) is 0.889. The maximum atomic E-state index is 11.6. The van der Waals surface area contributed by atoms with Gasteiger partial charge in [0, 0.05) is 26.2 Å². The van der Waals surface area contributed by atoms with Crippen molar-refractivity contribution in [1.29, 1.82) is 0 Å². The van der Waals surface area contributed by atoms with Gasteiger partial charge in [-0.05, 0) is 19.9 Å². The first-order valence-corrected chi connectivity index (χ1v) is 4.63. The molecule has 0 saturated carbocycles. The van der Waals surface area contributed by atoms with Crippen LogP contribution in [0.15, 0.2) is 0 Å². The summed E-state index contributed by atoms with van der Waals surface area (Å²) in [6.07, 6.45) is 2.29. The Balaban J connectivity index is 2.22. The monoisotopic (exact) mass is 168 g/mol. The minimum atomic E-state index is 0.277. The molecule has 0 radical (unpaired) electrons. The second-order valence-corrected chi connectivity index (χ2v) is 4.09.